The molecule has 29 heavy (non-hydrogen) atoms. The van der Waals surface area contributed by atoms with Gasteiger partial charge in [-0.3, -0.25) is 14.5 Å². The Kier molecular flexibility index (Phi) is 7.00. The molecular formula is C21H23Cl2N3O3. The highest BCUT2D eigenvalue weighted by molar-refractivity contribution is 6.42. The van der Waals surface area contributed by atoms with Gasteiger partial charge in [0.1, 0.15) is 10.8 Å². The van der Waals surface area contributed by atoms with Crippen LogP contribution in [-0.4, -0.2) is 35.4 Å². The maximum Gasteiger partial charge on any atom is 0.265 e. The Morgan fingerprint density at radius 3 is 2.76 bits per heavy atom. The highest BCUT2D eigenvalue weighted by Gasteiger charge is 2.29. The van der Waals surface area contributed by atoms with E-state index in [4.69, 9.17) is 33.7 Å². The number of likely N-dealkylation sites (tertiary alicyclic amines) is 1. The minimum absolute atomic E-state index is 0.265. The summed E-state index contributed by atoms with van der Waals surface area (Å²) < 4.78 is 5.68. The predicted molar refractivity (Wildman–Crippen MR) is 114 cm³/mol. The molecule has 3 N–H and O–H groups in total. The zero-order valence-electron chi connectivity index (χ0n) is 16.0. The first-order chi connectivity index (χ1) is 13.9. The van der Waals surface area contributed by atoms with Crippen LogP contribution in [0.2, 0.25) is 10.0 Å². The van der Waals surface area contributed by atoms with Crippen LogP contribution in [0.15, 0.2) is 42.5 Å². The van der Waals surface area contributed by atoms with E-state index in [-0.39, 0.29) is 22.9 Å². The molecule has 2 aromatic carbocycles. The third-order valence-corrected chi connectivity index (χ3v) is 5.73. The Morgan fingerprint density at radius 2 is 2.00 bits per heavy atom. The zero-order chi connectivity index (χ0) is 21.0. The minimum Gasteiger partial charge on any atom is -0.479 e. The van der Waals surface area contributed by atoms with Crippen molar-refractivity contribution in [1.82, 2.24) is 4.90 Å². The van der Waals surface area contributed by atoms with Crippen LogP contribution in [0.25, 0.3) is 0 Å². The summed E-state index contributed by atoms with van der Waals surface area (Å²) in [6.45, 7) is 2.96. The van der Waals surface area contributed by atoms with Crippen LogP contribution in [0, 0.1) is 0 Å². The molecule has 2 aromatic rings. The summed E-state index contributed by atoms with van der Waals surface area (Å²) in [5.74, 6) is -0.290. The van der Waals surface area contributed by atoms with Crippen LogP contribution in [0.3, 0.4) is 0 Å². The molecule has 1 aliphatic rings. The third-order valence-electron chi connectivity index (χ3n) is 4.93. The lowest BCUT2D eigenvalue weighted by molar-refractivity contribution is -0.123. The monoisotopic (exact) mass is 435 g/mol. The molecule has 6 nitrogen and oxygen atoms in total. The maximum atomic E-state index is 12.7. The lowest BCUT2D eigenvalue weighted by Gasteiger charge is -2.23. The molecule has 1 saturated heterocycles. The van der Waals surface area contributed by atoms with Gasteiger partial charge in [0.25, 0.3) is 5.91 Å². The molecule has 1 aliphatic heterocycles. The fourth-order valence-electron chi connectivity index (χ4n) is 3.39. The molecule has 2 atom stereocenters. The fraction of sp³-hybridized carbons (Fsp3) is 0.333. The number of hydrogen-bond donors (Lipinski definition) is 2. The van der Waals surface area contributed by atoms with E-state index < -0.39 is 6.10 Å². The molecule has 8 heteroatoms. The molecule has 2 unspecified atom stereocenters. The Balaban J connectivity index is 1.69. The summed E-state index contributed by atoms with van der Waals surface area (Å²) in [5.41, 5.74) is 7.08. The Labute approximate surface area is 179 Å². The first kappa shape index (κ1) is 21.4. The Hall–Kier alpha value is -2.28. The molecule has 0 aromatic heterocycles. The van der Waals surface area contributed by atoms with E-state index >= 15 is 0 Å². The average molecular weight is 436 g/mol. The highest BCUT2D eigenvalue weighted by atomic mass is 35.5. The predicted octanol–water partition coefficient (Wildman–Crippen LogP) is 3.85. The highest BCUT2D eigenvalue weighted by Crippen LogP contribution is 2.32. The van der Waals surface area contributed by atoms with Crippen molar-refractivity contribution in [2.45, 2.75) is 38.5 Å². The first-order valence-corrected chi connectivity index (χ1v) is 10.1. The van der Waals surface area contributed by atoms with Gasteiger partial charge in [-0.25, -0.2) is 0 Å². The molecular weight excluding hydrogens is 413 g/mol. The number of nitrogens with two attached hydrogens (primary N) is 1. The van der Waals surface area contributed by atoms with Crippen LogP contribution < -0.4 is 15.8 Å². The van der Waals surface area contributed by atoms with Gasteiger partial charge in [-0.1, -0.05) is 47.5 Å². The number of amides is 2. The van der Waals surface area contributed by atoms with Crippen molar-refractivity contribution >= 4 is 40.7 Å². The second kappa shape index (κ2) is 9.48. The molecule has 2 amide bonds. The third kappa shape index (κ3) is 5.21. The van der Waals surface area contributed by atoms with Gasteiger partial charge in [-0.15, -0.1) is 0 Å². The average Bonchev–Trinajstić information content (AvgIpc) is 3.15. The summed E-state index contributed by atoms with van der Waals surface area (Å²) in [6, 6.07) is 12.2. The SMILES string of the molecule is CC(Oc1cccc(Cl)c1Cl)C(=O)Nc1ccccc1CN1CCCC1C(N)=O. The molecule has 0 spiro atoms. The number of anilines is 1. The number of nitrogens with one attached hydrogen (secondary N) is 1. The lowest BCUT2D eigenvalue weighted by atomic mass is 10.1. The normalized spacial score (nSPS) is 17.7. The van der Waals surface area contributed by atoms with E-state index in [1.807, 2.05) is 29.2 Å². The second-order valence-electron chi connectivity index (χ2n) is 6.99. The van der Waals surface area contributed by atoms with Gasteiger partial charge in [0, 0.05) is 12.2 Å². The summed E-state index contributed by atoms with van der Waals surface area (Å²) in [4.78, 5) is 26.4. The van der Waals surface area contributed by atoms with E-state index in [2.05, 4.69) is 5.32 Å². The molecule has 0 bridgehead atoms. The Bertz CT molecular complexity index is 906. The molecule has 3 rings (SSSR count). The first-order valence-electron chi connectivity index (χ1n) is 9.39. The Morgan fingerprint density at radius 1 is 1.24 bits per heavy atom. The number of para-hydroxylation sites is 1. The van der Waals surface area contributed by atoms with Crippen molar-refractivity contribution in [3.05, 3.63) is 58.1 Å². The number of nitrogens with zero attached hydrogens (tertiary/aromatic N) is 1. The van der Waals surface area contributed by atoms with Gasteiger partial charge in [-0.05, 0) is 50.1 Å². The van der Waals surface area contributed by atoms with Crippen molar-refractivity contribution in [3.63, 3.8) is 0 Å². The molecule has 1 fully saturated rings. The molecule has 0 radical (unpaired) electrons. The van der Waals surface area contributed by atoms with Gasteiger partial charge < -0.3 is 15.8 Å². The van der Waals surface area contributed by atoms with Crippen LogP contribution in [0.1, 0.15) is 25.3 Å². The number of carbonyl (C=O) groups excluding carboxylic acids is 2. The van der Waals surface area contributed by atoms with Crippen molar-refractivity contribution in [1.29, 1.82) is 0 Å². The molecule has 1 heterocycles. The maximum absolute atomic E-state index is 12.7. The molecule has 0 aliphatic carbocycles. The summed E-state index contributed by atoms with van der Waals surface area (Å²) in [5, 5.41) is 3.52. The van der Waals surface area contributed by atoms with Crippen molar-refractivity contribution in [2.24, 2.45) is 5.73 Å². The smallest absolute Gasteiger partial charge is 0.265 e. The summed E-state index contributed by atoms with van der Waals surface area (Å²) in [7, 11) is 0. The van der Waals surface area contributed by atoms with Crippen LogP contribution in [0.5, 0.6) is 5.75 Å². The van der Waals surface area contributed by atoms with Crippen LogP contribution in [0.4, 0.5) is 5.69 Å². The summed E-state index contributed by atoms with van der Waals surface area (Å²) >= 11 is 12.1. The number of hydrogen-bond acceptors (Lipinski definition) is 4. The van der Waals surface area contributed by atoms with Crippen molar-refractivity contribution in [2.75, 3.05) is 11.9 Å². The second-order valence-corrected chi connectivity index (χ2v) is 7.77. The summed E-state index contributed by atoms with van der Waals surface area (Å²) in [6.07, 6.45) is 0.895. The van der Waals surface area contributed by atoms with E-state index in [9.17, 15) is 9.59 Å². The fourth-order valence-corrected chi connectivity index (χ4v) is 3.73. The topological polar surface area (TPSA) is 84.7 Å². The van der Waals surface area contributed by atoms with Gasteiger partial charge in [0.05, 0.1) is 11.1 Å². The van der Waals surface area contributed by atoms with Crippen LogP contribution >= 0.6 is 23.2 Å². The van der Waals surface area contributed by atoms with Gasteiger partial charge >= 0.3 is 0 Å². The zero-order valence-corrected chi connectivity index (χ0v) is 17.5. The van der Waals surface area contributed by atoms with E-state index in [0.717, 1.165) is 24.9 Å². The van der Waals surface area contributed by atoms with E-state index in [1.54, 1.807) is 25.1 Å². The number of halogens is 2. The molecule has 0 saturated carbocycles. The van der Waals surface area contributed by atoms with Crippen molar-refractivity contribution < 1.29 is 14.3 Å². The van der Waals surface area contributed by atoms with E-state index in [0.29, 0.717) is 23.0 Å². The standard InChI is InChI=1S/C21H23Cl2N3O3/c1-13(29-18-10-4-7-15(22)19(18)23)21(28)25-16-8-3-2-6-14(16)12-26-11-5-9-17(26)20(24)27/h2-4,6-8,10,13,17H,5,9,11-12H2,1H3,(H2,24,27)(H,25,28). The number of rotatable bonds is 7. The van der Waals surface area contributed by atoms with Crippen LogP contribution in [-0.2, 0) is 16.1 Å². The van der Waals surface area contributed by atoms with Crippen molar-refractivity contribution in [3.8, 4) is 5.75 Å². The van der Waals surface area contributed by atoms with Gasteiger partial charge in [0.15, 0.2) is 6.10 Å². The quantitative estimate of drug-likeness (QED) is 0.691. The minimum atomic E-state index is -0.788. The largest absolute Gasteiger partial charge is 0.479 e. The molecule has 154 valence electrons. The number of benzene rings is 2. The van der Waals surface area contributed by atoms with Gasteiger partial charge in [0.2, 0.25) is 5.91 Å². The van der Waals surface area contributed by atoms with Gasteiger partial charge in [-0.2, -0.15) is 0 Å². The number of primary amides is 1. The number of ether oxygens (including phenoxy) is 1. The van der Waals surface area contributed by atoms with E-state index in [1.165, 1.54) is 0 Å². The number of carbonyl (C=O) groups is 2. The lowest BCUT2D eigenvalue weighted by Crippen LogP contribution is -2.40.